The third kappa shape index (κ3) is 2.59. The summed E-state index contributed by atoms with van der Waals surface area (Å²) in [6.45, 7) is 0.166. The van der Waals surface area contributed by atoms with Crippen molar-refractivity contribution < 1.29 is 13.2 Å². The van der Waals surface area contributed by atoms with E-state index in [2.05, 4.69) is 10.1 Å². The molecule has 2 aromatic heterocycles. The lowest BCUT2D eigenvalue weighted by Crippen LogP contribution is -2.40. The molecule has 0 aliphatic carbocycles. The largest absolute Gasteiger partial charge is 0.495 e. The fourth-order valence-corrected chi connectivity index (χ4v) is 4.92. The Hall–Kier alpha value is -2.36. The Balaban J connectivity index is 1.79. The zero-order valence-corrected chi connectivity index (χ0v) is 15.3. The molecule has 8 nitrogen and oxygen atoms in total. The van der Waals surface area contributed by atoms with Crippen LogP contribution in [0.15, 0.2) is 40.2 Å². The minimum absolute atomic E-state index is 0.0232. The number of rotatable bonds is 3. The number of hydrogen-bond donors (Lipinski definition) is 1. The smallest absolute Gasteiger partial charge is 0.277 e. The Morgan fingerprint density at radius 3 is 2.88 bits per heavy atom. The van der Waals surface area contributed by atoms with Gasteiger partial charge in [-0.1, -0.05) is 11.6 Å². The van der Waals surface area contributed by atoms with Gasteiger partial charge in [0.15, 0.2) is 5.65 Å². The second-order valence-corrected chi connectivity index (χ2v) is 8.22. The highest BCUT2D eigenvalue weighted by Crippen LogP contribution is 2.31. The number of hydrogen-bond acceptors (Lipinski definition) is 5. The second-order valence-electron chi connectivity index (χ2n) is 5.88. The molecule has 0 radical (unpaired) electrons. The van der Waals surface area contributed by atoms with Gasteiger partial charge >= 0.3 is 0 Å². The van der Waals surface area contributed by atoms with Crippen LogP contribution in [0.2, 0.25) is 5.02 Å². The molecule has 1 aliphatic rings. The Kier molecular flexibility index (Phi) is 4.02. The van der Waals surface area contributed by atoms with E-state index in [1.165, 1.54) is 28.1 Å². The number of ether oxygens (including phenoxy) is 1. The molecule has 0 saturated carbocycles. The normalized spacial score (nSPS) is 15.2. The second kappa shape index (κ2) is 6.11. The van der Waals surface area contributed by atoms with E-state index in [1.54, 1.807) is 18.3 Å². The standard InChI is InChI=1S/C16H15ClN4O4S/c1-25-13-3-2-10(17)8-14(13)26(23,24)20-7-5-12-11(9-20)16(22)21-15(19-12)4-6-18-21/h2-4,6,8,18H,5,7,9H2,1H3. The molecule has 0 fully saturated rings. The molecule has 1 aliphatic heterocycles. The number of nitrogens with zero attached hydrogens (tertiary/aromatic N) is 3. The third-order valence-electron chi connectivity index (χ3n) is 4.40. The highest BCUT2D eigenvalue weighted by Gasteiger charge is 2.33. The molecule has 4 rings (SSSR count). The van der Waals surface area contributed by atoms with Crippen molar-refractivity contribution in [2.24, 2.45) is 0 Å². The van der Waals surface area contributed by atoms with Crippen LogP contribution < -0.4 is 10.3 Å². The summed E-state index contributed by atoms with van der Waals surface area (Å²) in [5, 5.41) is 3.07. The summed E-state index contributed by atoms with van der Waals surface area (Å²) in [5.74, 6) is 0.204. The molecule has 0 bridgehead atoms. The number of H-pyrrole nitrogens is 1. The van der Waals surface area contributed by atoms with E-state index in [1.807, 2.05) is 0 Å². The van der Waals surface area contributed by atoms with Crippen LogP contribution in [0.4, 0.5) is 0 Å². The van der Waals surface area contributed by atoms with Crippen molar-refractivity contribution in [2.45, 2.75) is 17.9 Å². The van der Waals surface area contributed by atoms with Crippen LogP contribution in [0.5, 0.6) is 5.75 Å². The SMILES string of the molecule is COc1ccc(Cl)cc1S(=O)(=O)N1CCc2nc3cc[nH]n3c(=O)c2C1. The maximum atomic E-state index is 13.1. The number of sulfonamides is 1. The molecule has 3 heterocycles. The van der Waals surface area contributed by atoms with Gasteiger partial charge in [0.1, 0.15) is 10.6 Å². The van der Waals surface area contributed by atoms with Gasteiger partial charge in [-0.15, -0.1) is 0 Å². The number of nitrogens with one attached hydrogen (secondary N) is 1. The highest BCUT2D eigenvalue weighted by atomic mass is 35.5. The van der Waals surface area contributed by atoms with Crippen LogP contribution in [0.3, 0.4) is 0 Å². The van der Waals surface area contributed by atoms with Crippen LogP contribution in [0.1, 0.15) is 11.3 Å². The molecule has 26 heavy (non-hydrogen) atoms. The van der Waals surface area contributed by atoms with Gasteiger partial charge in [-0.25, -0.2) is 17.9 Å². The molecule has 0 unspecified atom stereocenters. The van der Waals surface area contributed by atoms with Crippen molar-refractivity contribution in [1.29, 1.82) is 0 Å². The highest BCUT2D eigenvalue weighted by molar-refractivity contribution is 7.89. The van der Waals surface area contributed by atoms with E-state index in [-0.39, 0.29) is 34.3 Å². The summed E-state index contributed by atoms with van der Waals surface area (Å²) >= 11 is 5.97. The lowest BCUT2D eigenvalue weighted by molar-refractivity contribution is 0.373. The van der Waals surface area contributed by atoms with Crippen molar-refractivity contribution in [2.75, 3.05) is 13.7 Å². The van der Waals surface area contributed by atoms with Crippen molar-refractivity contribution >= 4 is 27.3 Å². The third-order valence-corrected chi connectivity index (χ3v) is 6.50. The van der Waals surface area contributed by atoms with E-state index in [0.29, 0.717) is 23.3 Å². The van der Waals surface area contributed by atoms with Crippen LogP contribution in [-0.4, -0.2) is 41.0 Å². The zero-order valence-electron chi connectivity index (χ0n) is 13.8. The Labute approximate surface area is 154 Å². The van der Waals surface area contributed by atoms with Crippen LogP contribution in [0, 0.1) is 0 Å². The number of benzene rings is 1. The summed E-state index contributed by atoms with van der Waals surface area (Å²) in [6, 6.07) is 6.11. The van der Waals surface area contributed by atoms with Gasteiger partial charge in [0.25, 0.3) is 5.56 Å². The summed E-state index contributed by atoms with van der Waals surface area (Å²) in [7, 11) is -2.49. The van der Waals surface area contributed by atoms with Crippen LogP contribution in [0.25, 0.3) is 5.65 Å². The molecular weight excluding hydrogens is 380 g/mol. The van der Waals surface area contributed by atoms with Crippen LogP contribution in [-0.2, 0) is 23.0 Å². The topological polar surface area (TPSA) is 96.8 Å². The molecule has 1 aromatic carbocycles. The first kappa shape index (κ1) is 17.1. The van der Waals surface area contributed by atoms with E-state index in [9.17, 15) is 13.2 Å². The van der Waals surface area contributed by atoms with Gasteiger partial charge < -0.3 is 4.74 Å². The first-order chi connectivity index (χ1) is 12.4. The number of methoxy groups -OCH3 is 1. The fraction of sp³-hybridized carbons (Fsp3) is 0.250. The van der Waals surface area contributed by atoms with Gasteiger partial charge in [0.05, 0.1) is 18.4 Å². The average Bonchev–Trinajstić information content (AvgIpc) is 3.10. The maximum Gasteiger partial charge on any atom is 0.277 e. The Bertz CT molecular complexity index is 1170. The van der Waals surface area contributed by atoms with Gasteiger partial charge in [-0.05, 0) is 18.2 Å². The molecule has 10 heteroatoms. The van der Waals surface area contributed by atoms with Gasteiger partial charge in [-0.2, -0.15) is 4.31 Å². The van der Waals surface area contributed by atoms with Gasteiger partial charge in [-0.3, -0.25) is 9.89 Å². The molecule has 0 saturated heterocycles. The minimum atomic E-state index is -3.89. The van der Waals surface area contributed by atoms with Gasteiger partial charge in [0, 0.05) is 36.8 Å². The average molecular weight is 395 g/mol. The monoisotopic (exact) mass is 394 g/mol. The zero-order chi connectivity index (χ0) is 18.5. The fourth-order valence-electron chi connectivity index (χ4n) is 3.09. The molecule has 3 aromatic rings. The molecular formula is C16H15ClN4O4S. The number of fused-ring (bicyclic) bond motifs is 2. The molecule has 136 valence electrons. The summed E-state index contributed by atoms with van der Waals surface area (Å²) in [6.07, 6.45) is 1.97. The number of halogens is 1. The maximum absolute atomic E-state index is 13.1. The lowest BCUT2D eigenvalue weighted by atomic mass is 10.1. The predicted octanol–water partition coefficient (Wildman–Crippen LogP) is 1.43. The van der Waals surface area contributed by atoms with E-state index < -0.39 is 10.0 Å². The summed E-state index contributed by atoms with van der Waals surface area (Å²) in [4.78, 5) is 17.1. The first-order valence-electron chi connectivity index (χ1n) is 7.83. The van der Waals surface area contributed by atoms with Crippen LogP contribution >= 0.6 is 11.6 Å². The van der Waals surface area contributed by atoms with Crippen molar-refractivity contribution in [3.05, 3.63) is 57.1 Å². The van der Waals surface area contributed by atoms with Crippen molar-refractivity contribution in [3.63, 3.8) is 0 Å². The quantitative estimate of drug-likeness (QED) is 0.724. The van der Waals surface area contributed by atoms with Crippen molar-refractivity contribution in [3.8, 4) is 5.75 Å². The molecule has 0 spiro atoms. The molecule has 0 atom stereocenters. The summed E-state index contributed by atoms with van der Waals surface area (Å²) in [5.41, 5.74) is 1.20. The predicted molar refractivity (Wildman–Crippen MR) is 95.1 cm³/mol. The molecule has 0 amide bonds. The Morgan fingerprint density at radius 1 is 1.31 bits per heavy atom. The van der Waals surface area contributed by atoms with Crippen molar-refractivity contribution in [1.82, 2.24) is 18.9 Å². The molecule has 1 N–H and O–H groups in total. The number of aromatic amines is 1. The summed E-state index contributed by atoms with van der Waals surface area (Å²) < 4.78 is 33.9. The van der Waals surface area contributed by atoms with E-state index >= 15 is 0 Å². The van der Waals surface area contributed by atoms with E-state index in [4.69, 9.17) is 16.3 Å². The Morgan fingerprint density at radius 2 is 2.12 bits per heavy atom. The van der Waals surface area contributed by atoms with E-state index in [0.717, 1.165) is 0 Å². The first-order valence-corrected chi connectivity index (χ1v) is 9.65. The lowest BCUT2D eigenvalue weighted by Gasteiger charge is -2.27. The van der Waals surface area contributed by atoms with Gasteiger partial charge in [0.2, 0.25) is 10.0 Å². The number of aromatic nitrogens is 3. The minimum Gasteiger partial charge on any atom is -0.495 e.